The van der Waals surface area contributed by atoms with E-state index in [1.54, 1.807) is 4.90 Å². The van der Waals surface area contributed by atoms with E-state index >= 15 is 0 Å². The Kier molecular flexibility index (Phi) is 6.03. The van der Waals surface area contributed by atoms with E-state index < -0.39 is 17.5 Å². The van der Waals surface area contributed by atoms with Gasteiger partial charge in [-0.15, -0.1) is 0 Å². The molecule has 4 amide bonds. The summed E-state index contributed by atoms with van der Waals surface area (Å²) in [7, 11) is 0. The van der Waals surface area contributed by atoms with Crippen molar-refractivity contribution in [3.63, 3.8) is 0 Å². The van der Waals surface area contributed by atoms with Crippen molar-refractivity contribution >= 4 is 17.8 Å². The number of para-hydroxylation sites is 2. The number of nitrogens with zero attached hydrogens (tertiary/aromatic N) is 2. The molecule has 2 aromatic carbocycles. The van der Waals surface area contributed by atoms with Crippen molar-refractivity contribution in [2.24, 2.45) is 0 Å². The average Bonchev–Trinajstić information content (AvgIpc) is 3.08. The van der Waals surface area contributed by atoms with Crippen LogP contribution in [0.1, 0.15) is 25.8 Å². The van der Waals surface area contributed by atoms with Crippen molar-refractivity contribution in [2.75, 3.05) is 26.2 Å². The fraction of sp³-hybridized carbons (Fsp3) is 0.375. The number of amides is 4. The summed E-state index contributed by atoms with van der Waals surface area (Å²) in [5.74, 6) is 0.580. The van der Waals surface area contributed by atoms with E-state index in [2.05, 4.69) is 5.32 Å². The van der Waals surface area contributed by atoms with E-state index in [9.17, 15) is 14.4 Å². The molecule has 0 spiro atoms. The number of likely N-dealkylation sites (N-methyl/N-ethyl adjacent to an activating group) is 1. The van der Waals surface area contributed by atoms with Crippen molar-refractivity contribution in [3.05, 3.63) is 60.2 Å². The zero-order chi connectivity index (χ0) is 22.7. The normalized spacial score (nSPS) is 21.9. The molecule has 2 aliphatic heterocycles. The Bertz CT molecular complexity index is 1010. The minimum Gasteiger partial charge on any atom is -0.486 e. The third-order valence-electron chi connectivity index (χ3n) is 5.99. The highest BCUT2D eigenvalue weighted by Crippen LogP contribution is 2.33. The number of hydrogen-bond donors (Lipinski definition) is 1. The molecule has 1 N–H and O–H groups in total. The summed E-state index contributed by atoms with van der Waals surface area (Å²) in [6, 6.07) is 15.9. The van der Waals surface area contributed by atoms with Gasteiger partial charge in [0.1, 0.15) is 18.7 Å². The smallest absolute Gasteiger partial charge is 0.325 e. The lowest BCUT2D eigenvalue weighted by Gasteiger charge is -2.31. The molecule has 0 aromatic heterocycles. The van der Waals surface area contributed by atoms with E-state index in [0.29, 0.717) is 43.2 Å². The van der Waals surface area contributed by atoms with Crippen LogP contribution in [0.3, 0.4) is 0 Å². The van der Waals surface area contributed by atoms with Gasteiger partial charge in [0.15, 0.2) is 17.6 Å². The van der Waals surface area contributed by atoms with E-state index in [-0.39, 0.29) is 18.6 Å². The number of urea groups is 1. The predicted octanol–water partition coefficient (Wildman–Crippen LogP) is 2.53. The van der Waals surface area contributed by atoms with Crippen LogP contribution >= 0.6 is 0 Å². The molecule has 0 radical (unpaired) electrons. The Morgan fingerprint density at radius 3 is 2.47 bits per heavy atom. The van der Waals surface area contributed by atoms with Gasteiger partial charge < -0.3 is 19.7 Å². The van der Waals surface area contributed by atoms with Gasteiger partial charge in [-0.05, 0) is 31.0 Å². The van der Waals surface area contributed by atoms with Crippen LogP contribution in [0.15, 0.2) is 54.6 Å². The first-order valence-corrected chi connectivity index (χ1v) is 10.8. The summed E-state index contributed by atoms with van der Waals surface area (Å²) < 4.78 is 11.7. The first-order chi connectivity index (χ1) is 15.5. The lowest BCUT2D eigenvalue weighted by molar-refractivity contribution is -0.140. The first kappa shape index (κ1) is 21.7. The summed E-state index contributed by atoms with van der Waals surface area (Å²) >= 11 is 0. The largest absolute Gasteiger partial charge is 0.486 e. The molecule has 168 valence electrons. The molecule has 0 unspecified atom stereocenters. The molecule has 2 atom stereocenters. The summed E-state index contributed by atoms with van der Waals surface area (Å²) in [5.41, 5.74) is -0.450. The van der Waals surface area contributed by atoms with Crippen LogP contribution in [0.25, 0.3) is 0 Å². The van der Waals surface area contributed by atoms with Crippen LogP contribution in [-0.4, -0.2) is 60.0 Å². The van der Waals surface area contributed by atoms with Gasteiger partial charge in [-0.2, -0.15) is 0 Å². The Morgan fingerprint density at radius 2 is 1.78 bits per heavy atom. The van der Waals surface area contributed by atoms with Crippen LogP contribution in [-0.2, 0) is 15.1 Å². The first-order valence-electron chi connectivity index (χ1n) is 10.8. The van der Waals surface area contributed by atoms with Gasteiger partial charge in [-0.25, -0.2) is 4.79 Å². The van der Waals surface area contributed by atoms with E-state index in [1.165, 1.54) is 0 Å². The zero-order valence-corrected chi connectivity index (χ0v) is 18.2. The maximum Gasteiger partial charge on any atom is 0.325 e. The lowest BCUT2D eigenvalue weighted by atomic mass is 9.87. The number of ether oxygens (including phenoxy) is 2. The van der Waals surface area contributed by atoms with Crippen LogP contribution < -0.4 is 14.8 Å². The maximum atomic E-state index is 13.3. The van der Waals surface area contributed by atoms with Crippen LogP contribution in [0.4, 0.5) is 4.79 Å². The highest BCUT2D eigenvalue weighted by Gasteiger charge is 2.51. The second-order valence-corrected chi connectivity index (χ2v) is 7.88. The molecule has 2 aliphatic rings. The minimum atomic E-state index is -1.15. The molecule has 8 nitrogen and oxygen atoms in total. The molecule has 2 aromatic rings. The number of hydrogen-bond acceptors (Lipinski definition) is 5. The Hall–Kier alpha value is -3.55. The summed E-state index contributed by atoms with van der Waals surface area (Å²) in [6.45, 7) is 4.40. The molecule has 32 heavy (non-hydrogen) atoms. The van der Waals surface area contributed by atoms with Crippen molar-refractivity contribution in [1.29, 1.82) is 0 Å². The van der Waals surface area contributed by atoms with Gasteiger partial charge >= 0.3 is 6.03 Å². The molecule has 2 heterocycles. The summed E-state index contributed by atoms with van der Waals surface area (Å²) in [6.07, 6.45) is 0.0483. The minimum absolute atomic E-state index is 0.297. The molecule has 1 saturated heterocycles. The number of benzene rings is 2. The molecule has 1 fully saturated rings. The topological polar surface area (TPSA) is 88.2 Å². The lowest BCUT2D eigenvalue weighted by Crippen LogP contribution is -2.48. The van der Waals surface area contributed by atoms with Gasteiger partial charge in [0.05, 0.1) is 6.54 Å². The molecule has 8 heteroatoms. The third kappa shape index (κ3) is 3.88. The number of carbonyl (C=O) groups excluding carboxylic acids is 3. The van der Waals surface area contributed by atoms with Crippen LogP contribution in [0, 0.1) is 0 Å². The van der Waals surface area contributed by atoms with Crippen molar-refractivity contribution in [1.82, 2.24) is 15.1 Å². The van der Waals surface area contributed by atoms with Gasteiger partial charge in [0.2, 0.25) is 5.91 Å². The third-order valence-corrected chi connectivity index (χ3v) is 5.99. The Labute approximate surface area is 187 Å². The summed E-state index contributed by atoms with van der Waals surface area (Å²) in [5, 5.41) is 2.81. The number of fused-ring (bicyclic) bond motifs is 1. The van der Waals surface area contributed by atoms with Crippen molar-refractivity contribution < 1.29 is 23.9 Å². The second-order valence-electron chi connectivity index (χ2n) is 7.88. The zero-order valence-electron chi connectivity index (χ0n) is 18.2. The van der Waals surface area contributed by atoms with Gasteiger partial charge in [-0.3, -0.25) is 14.5 Å². The maximum absolute atomic E-state index is 13.3. The Morgan fingerprint density at radius 1 is 1.09 bits per heavy atom. The molecule has 0 bridgehead atoms. The SMILES string of the molecule is CCN(C[C@H]1COc2ccccc2O1)C(=O)CN1C(=O)N[C@](CC)(c2ccccc2)C1=O. The second kappa shape index (κ2) is 8.90. The highest BCUT2D eigenvalue weighted by molar-refractivity contribution is 6.09. The molecular formula is C24H27N3O5. The molecule has 0 aliphatic carbocycles. The predicted molar refractivity (Wildman–Crippen MR) is 117 cm³/mol. The van der Waals surface area contributed by atoms with Gasteiger partial charge in [-0.1, -0.05) is 49.4 Å². The van der Waals surface area contributed by atoms with Gasteiger partial charge in [0.25, 0.3) is 5.91 Å². The number of carbonyl (C=O) groups is 3. The van der Waals surface area contributed by atoms with E-state index in [4.69, 9.17) is 9.47 Å². The molecule has 4 rings (SSSR count). The fourth-order valence-electron chi connectivity index (χ4n) is 4.17. The molecular weight excluding hydrogens is 410 g/mol. The Balaban J connectivity index is 1.44. The van der Waals surface area contributed by atoms with Gasteiger partial charge in [0, 0.05) is 6.54 Å². The van der Waals surface area contributed by atoms with Crippen molar-refractivity contribution in [3.8, 4) is 11.5 Å². The van der Waals surface area contributed by atoms with Crippen LogP contribution in [0.2, 0.25) is 0 Å². The van der Waals surface area contributed by atoms with Crippen LogP contribution in [0.5, 0.6) is 11.5 Å². The van der Waals surface area contributed by atoms with Crippen molar-refractivity contribution in [2.45, 2.75) is 31.9 Å². The van der Waals surface area contributed by atoms with E-state index in [0.717, 1.165) is 4.90 Å². The fourth-order valence-corrected chi connectivity index (χ4v) is 4.17. The molecule has 0 saturated carbocycles. The number of nitrogens with one attached hydrogen (secondary N) is 1. The monoisotopic (exact) mass is 437 g/mol. The quantitative estimate of drug-likeness (QED) is 0.673. The number of imide groups is 1. The number of rotatable bonds is 7. The summed E-state index contributed by atoms with van der Waals surface area (Å²) in [4.78, 5) is 41.6. The van der Waals surface area contributed by atoms with E-state index in [1.807, 2.05) is 68.4 Å². The standard InChI is InChI=1S/C24H27N3O5/c1-3-24(17-10-6-5-7-11-17)22(29)27(23(30)25-24)15-21(28)26(4-2)14-18-16-31-19-12-8-9-13-20(19)32-18/h5-13,18H,3-4,14-16H2,1-2H3,(H,25,30)/t18-,24+/m0/s1. The highest BCUT2D eigenvalue weighted by atomic mass is 16.6. The average molecular weight is 437 g/mol.